The molecule has 12 heteroatoms. The van der Waals surface area contributed by atoms with Crippen molar-refractivity contribution in [1.29, 1.82) is 0 Å². The van der Waals surface area contributed by atoms with Gasteiger partial charge in [0.25, 0.3) is 5.91 Å². The van der Waals surface area contributed by atoms with Crippen molar-refractivity contribution in [1.82, 2.24) is 10.6 Å². The van der Waals surface area contributed by atoms with E-state index in [1.807, 2.05) is 0 Å². The van der Waals surface area contributed by atoms with Crippen LogP contribution in [0.2, 0.25) is 0 Å². The molecule has 1 aliphatic rings. The highest BCUT2D eigenvalue weighted by atomic mass is 35.5. The fourth-order valence-corrected chi connectivity index (χ4v) is 2.66. The molecule has 1 saturated heterocycles. The van der Waals surface area contributed by atoms with Crippen molar-refractivity contribution < 1.29 is 40.6 Å². The predicted molar refractivity (Wildman–Crippen MR) is 94.7 cm³/mol. The number of amides is 1. The minimum Gasteiger partial charge on any atom is -0.484 e. The molecule has 2 N–H and O–H groups in total. The van der Waals surface area contributed by atoms with Crippen molar-refractivity contribution in [2.24, 2.45) is 5.92 Å². The first-order valence-electron chi connectivity index (χ1n) is 8.55. The average molecular weight is 451 g/mol. The van der Waals surface area contributed by atoms with Gasteiger partial charge in [0.05, 0.1) is 5.56 Å². The Bertz CT molecular complexity index is 664. The number of hydrogen-bond donors (Lipinski definition) is 2. The standard InChI is InChI=1S/C17H20F6N2O3.ClH/c18-16(19,20)9-27-12-3-4-14(28-10-17(21,22)23)13(6-12)15(26)25-8-11-2-1-5-24-7-11;/h3-4,6,11,24H,1-2,5,7-10H2,(H,25,26);1H. The fraction of sp³-hybridized carbons (Fsp3) is 0.588. The Labute approximate surface area is 169 Å². The molecular formula is C17H21ClF6N2O3. The molecule has 0 aromatic heterocycles. The van der Waals surface area contributed by atoms with Crippen molar-refractivity contribution in [2.45, 2.75) is 25.2 Å². The van der Waals surface area contributed by atoms with E-state index in [-0.39, 0.29) is 36.2 Å². The molecule has 0 spiro atoms. The second kappa shape index (κ2) is 10.8. The summed E-state index contributed by atoms with van der Waals surface area (Å²) in [5.41, 5.74) is -0.326. The van der Waals surface area contributed by atoms with E-state index in [1.54, 1.807) is 0 Å². The maximum Gasteiger partial charge on any atom is 0.422 e. The SMILES string of the molecule is Cl.O=C(NCC1CCCNC1)c1cc(OCC(F)(F)F)ccc1OCC(F)(F)F. The van der Waals surface area contributed by atoms with Crippen molar-refractivity contribution in [3.8, 4) is 11.5 Å². The summed E-state index contributed by atoms with van der Waals surface area (Å²) in [7, 11) is 0. The summed E-state index contributed by atoms with van der Waals surface area (Å²) >= 11 is 0. The number of piperidine rings is 1. The fourth-order valence-electron chi connectivity index (χ4n) is 2.66. The molecule has 1 amide bonds. The molecule has 0 saturated carbocycles. The van der Waals surface area contributed by atoms with Gasteiger partial charge in [-0.15, -0.1) is 12.4 Å². The average Bonchev–Trinajstić information content (AvgIpc) is 2.62. The molecule has 1 atom stereocenters. The number of rotatable bonds is 7. The van der Waals surface area contributed by atoms with Gasteiger partial charge in [-0.3, -0.25) is 4.79 Å². The van der Waals surface area contributed by atoms with Crippen LogP contribution in [0.15, 0.2) is 18.2 Å². The number of alkyl halides is 6. The summed E-state index contributed by atoms with van der Waals surface area (Å²) < 4.78 is 83.3. The van der Waals surface area contributed by atoms with E-state index >= 15 is 0 Å². The van der Waals surface area contributed by atoms with Crippen LogP contribution in [0.4, 0.5) is 26.3 Å². The number of benzene rings is 1. The molecule has 0 bridgehead atoms. The van der Waals surface area contributed by atoms with Gasteiger partial charge in [-0.1, -0.05) is 0 Å². The van der Waals surface area contributed by atoms with E-state index in [0.29, 0.717) is 6.54 Å². The number of carbonyl (C=O) groups is 1. The highest BCUT2D eigenvalue weighted by molar-refractivity contribution is 5.97. The van der Waals surface area contributed by atoms with Crippen molar-refractivity contribution in [2.75, 3.05) is 32.8 Å². The first-order chi connectivity index (χ1) is 13.0. The number of halogens is 7. The molecule has 5 nitrogen and oxygen atoms in total. The lowest BCUT2D eigenvalue weighted by molar-refractivity contribution is -0.154. The van der Waals surface area contributed by atoms with Crippen LogP contribution in [0.3, 0.4) is 0 Å². The van der Waals surface area contributed by atoms with Gasteiger partial charge in [0.15, 0.2) is 13.2 Å². The Balaban J connectivity index is 0.00000420. The van der Waals surface area contributed by atoms with Crippen LogP contribution >= 0.6 is 12.4 Å². The molecule has 29 heavy (non-hydrogen) atoms. The second-order valence-corrected chi connectivity index (χ2v) is 6.39. The first kappa shape index (κ1) is 25.2. The van der Waals surface area contributed by atoms with E-state index in [2.05, 4.69) is 20.1 Å². The minimum atomic E-state index is -4.63. The third-order valence-electron chi connectivity index (χ3n) is 3.94. The van der Waals surface area contributed by atoms with Gasteiger partial charge in [0.2, 0.25) is 0 Å². The normalized spacial score (nSPS) is 17.2. The lowest BCUT2D eigenvalue weighted by Gasteiger charge is -2.23. The van der Waals surface area contributed by atoms with E-state index in [1.165, 1.54) is 0 Å². The van der Waals surface area contributed by atoms with Crippen LogP contribution < -0.4 is 20.1 Å². The van der Waals surface area contributed by atoms with Crippen LogP contribution in [0.1, 0.15) is 23.2 Å². The Morgan fingerprint density at radius 2 is 1.76 bits per heavy atom. The molecule has 1 aromatic carbocycles. The van der Waals surface area contributed by atoms with E-state index < -0.39 is 37.2 Å². The summed E-state index contributed by atoms with van der Waals surface area (Å²) in [6, 6.07) is 2.93. The van der Waals surface area contributed by atoms with Gasteiger partial charge in [0, 0.05) is 6.54 Å². The zero-order chi connectivity index (χ0) is 20.8. The summed E-state index contributed by atoms with van der Waals surface area (Å²) in [5.74, 6) is -1.29. The van der Waals surface area contributed by atoms with E-state index in [9.17, 15) is 31.1 Å². The number of ether oxygens (including phenoxy) is 2. The number of carbonyl (C=O) groups excluding carboxylic acids is 1. The summed E-state index contributed by atoms with van der Waals surface area (Å²) in [4.78, 5) is 12.4. The van der Waals surface area contributed by atoms with Crippen LogP contribution in [-0.2, 0) is 0 Å². The molecule has 0 aliphatic carbocycles. The smallest absolute Gasteiger partial charge is 0.422 e. The quantitative estimate of drug-likeness (QED) is 0.622. The zero-order valence-corrected chi connectivity index (χ0v) is 16.0. The summed E-state index contributed by atoms with van der Waals surface area (Å²) in [6.07, 6.45) is -7.42. The maximum absolute atomic E-state index is 12.4. The first-order valence-corrected chi connectivity index (χ1v) is 8.55. The van der Waals surface area contributed by atoms with Gasteiger partial charge in [-0.05, 0) is 50.0 Å². The lowest BCUT2D eigenvalue weighted by atomic mass is 9.99. The molecule has 1 heterocycles. The summed E-state index contributed by atoms with van der Waals surface area (Å²) in [5, 5.41) is 5.75. The second-order valence-electron chi connectivity index (χ2n) is 6.39. The topological polar surface area (TPSA) is 59.6 Å². The van der Waals surface area contributed by atoms with Gasteiger partial charge in [-0.25, -0.2) is 0 Å². The van der Waals surface area contributed by atoms with Crippen LogP contribution in [0.5, 0.6) is 11.5 Å². The van der Waals surface area contributed by atoms with Crippen molar-refractivity contribution in [3.05, 3.63) is 23.8 Å². The Morgan fingerprint density at radius 1 is 1.10 bits per heavy atom. The monoisotopic (exact) mass is 450 g/mol. The third kappa shape index (κ3) is 9.44. The molecular weight excluding hydrogens is 430 g/mol. The zero-order valence-electron chi connectivity index (χ0n) is 15.2. The maximum atomic E-state index is 12.4. The third-order valence-corrected chi connectivity index (χ3v) is 3.94. The van der Waals surface area contributed by atoms with Gasteiger partial charge >= 0.3 is 12.4 Å². The van der Waals surface area contributed by atoms with Crippen molar-refractivity contribution >= 4 is 18.3 Å². The number of nitrogens with one attached hydrogen (secondary N) is 2. The van der Waals surface area contributed by atoms with Crippen molar-refractivity contribution in [3.63, 3.8) is 0 Å². The van der Waals surface area contributed by atoms with Gasteiger partial charge < -0.3 is 20.1 Å². The highest BCUT2D eigenvalue weighted by Crippen LogP contribution is 2.28. The summed E-state index contributed by atoms with van der Waals surface area (Å²) in [6.45, 7) is -1.39. The molecule has 0 radical (unpaired) electrons. The van der Waals surface area contributed by atoms with Gasteiger partial charge in [-0.2, -0.15) is 26.3 Å². The largest absolute Gasteiger partial charge is 0.484 e. The Kier molecular flexibility index (Phi) is 9.34. The predicted octanol–water partition coefficient (Wildman–Crippen LogP) is 3.72. The lowest BCUT2D eigenvalue weighted by Crippen LogP contribution is -2.38. The Hall–Kier alpha value is -1.88. The van der Waals surface area contributed by atoms with Gasteiger partial charge in [0.1, 0.15) is 11.5 Å². The number of hydrogen-bond acceptors (Lipinski definition) is 4. The van der Waals surface area contributed by atoms with Crippen LogP contribution in [0.25, 0.3) is 0 Å². The van der Waals surface area contributed by atoms with Crippen LogP contribution in [0, 0.1) is 5.92 Å². The van der Waals surface area contributed by atoms with E-state index in [4.69, 9.17) is 0 Å². The van der Waals surface area contributed by atoms with Crippen LogP contribution in [-0.4, -0.2) is 51.1 Å². The molecule has 1 unspecified atom stereocenters. The molecule has 2 rings (SSSR count). The molecule has 166 valence electrons. The highest BCUT2D eigenvalue weighted by Gasteiger charge is 2.30. The minimum absolute atomic E-state index is 0. The molecule has 1 aromatic rings. The Morgan fingerprint density at radius 3 is 2.34 bits per heavy atom. The van der Waals surface area contributed by atoms with E-state index in [0.717, 1.165) is 37.6 Å². The molecule has 1 fully saturated rings. The molecule has 1 aliphatic heterocycles.